The Hall–Kier alpha value is -1.83. The van der Waals surface area contributed by atoms with Crippen LogP contribution in [0.25, 0.3) is 6.08 Å². The lowest BCUT2D eigenvalue weighted by molar-refractivity contribution is -0.114. The van der Waals surface area contributed by atoms with Crippen LogP contribution in [0.3, 0.4) is 0 Å². The van der Waals surface area contributed by atoms with Gasteiger partial charge in [0.2, 0.25) is 5.91 Å². The molecule has 1 rings (SSSR count). The second-order valence-corrected chi connectivity index (χ2v) is 3.02. The second kappa shape index (κ2) is 4.42. The molecule has 1 amide bonds. The average molecular weight is 187 g/mol. The summed E-state index contributed by atoms with van der Waals surface area (Å²) in [5.74, 6) is -0.455. The van der Waals surface area contributed by atoms with Crippen LogP contribution in [0, 0.1) is 6.92 Å². The highest BCUT2D eigenvalue weighted by molar-refractivity contribution is 5.99. The zero-order chi connectivity index (χ0) is 10.6. The van der Waals surface area contributed by atoms with Crippen LogP contribution in [-0.4, -0.2) is 5.91 Å². The van der Waals surface area contributed by atoms with E-state index in [-0.39, 0.29) is 0 Å². The molecule has 2 heteroatoms. The van der Waals surface area contributed by atoms with Crippen molar-refractivity contribution < 1.29 is 4.79 Å². The van der Waals surface area contributed by atoms with Crippen LogP contribution in [-0.2, 0) is 4.79 Å². The molecular weight excluding hydrogens is 174 g/mol. The molecule has 1 aromatic rings. The summed E-state index contributed by atoms with van der Waals surface area (Å²) in [7, 11) is 0. The molecule has 0 aliphatic heterocycles. The van der Waals surface area contributed by atoms with E-state index in [0.717, 1.165) is 11.1 Å². The van der Waals surface area contributed by atoms with E-state index in [9.17, 15) is 4.79 Å². The van der Waals surface area contributed by atoms with Gasteiger partial charge >= 0.3 is 0 Å². The van der Waals surface area contributed by atoms with Crippen molar-refractivity contribution in [3.8, 4) is 0 Å². The van der Waals surface area contributed by atoms with Crippen LogP contribution in [0.1, 0.15) is 11.1 Å². The van der Waals surface area contributed by atoms with E-state index in [0.29, 0.717) is 5.57 Å². The summed E-state index contributed by atoms with van der Waals surface area (Å²) in [6, 6.07) is 7.78. The quantitative estimate of drug-likeness (QED) is 0.571. The minimum Gasteiger partial charge on any atom is -0.366 e. The summed E-state index contributed by atoms with van der Waals surface area (Å²) < 4.78 is 0. The molecule has 0 radical (unpaired) electrons. The highest BCUT2D eigenvalue weighted by Crippen LogP contribution is 2.12. The van der Waals surface area contributed by atoms with E-state index in [1.165, 1.54) is 6.08 Å². The molecule has 0 aliphatic carbocycles. The van der Waals surface area contributed by atoms with Crippen molar-refractivity contribution >= 4 is 12.0 Å². The molecule has 0 bridgehead atoms. The SMILES string of the molecule is C=C/C(=C\c1ccccc1C)C(N)=O. The second-order valence-electron chi connectivity index (χ2n) is 3.02. The fraction of sp³-hybridized carbons (Fsp3) is 0.0833. The van der Waals surface area contributed by atoms with Gasteiger partial charge in [0.15, 0.2) is 0 Å². The average Bonchev–Trinajstić information content (AvgIpc) is 2.16. The molecule has 0 aliphatic rings. The molecular formula is C12H13NO. The number of carbonyl (C=O) groups excluding carboxylic acids is 1. The van der Waals surface area contributed by atoms with E-state index >= 15 is 0 Å². The number of hydrogen-bond donors (Lipinski definition) is 1. The van der Waals surface area contributed by atoms with Gasteiger partial charge in [-0.05, 0) is 24.1 Å². The van der Waals surface area contributed by atoms with Crippen molar-refractivity contribution in [1.29, 1.82) is 0 Å². The number of hydrogen-bond acceptors (Lipinski definition) is 1. The number of rotatable bonds is 3. The summed E-state index contributed by atoms with van der Waals surface area (Å²) in [4.78, 5) is 10.9. The van der Waals surface area contributed by atoms with Gasteiger partial charge in [-0.15, -0.1) is 0 Å². The summed E-state index contributed by atoms with van der Waals surface area (Å²) in [6.45, 7) is 5.52. The maximum atomic E-state index is 10.9. The Morgan fingerprint density at radius 2 is 2.07 bits per heavy atom. The van der Waals surface area contributed by atoms with Crippen molar-refractivity contribution in [3.05, 3.63) is 53.6 Å². The van der Waals surface area contributed by atoms with Crippen molar-refractivity contribution in [2.75, 3.05) is 0 Å². The van der Waals surface area contributed by atoms with Gasteiger partial charge in [0.05, 0.1) is 0 Å². The minimum atomic E-state index is -0.455. The summed E-state index contributed by atoms with van der Waals surface area (Å²) >= 11 is 0. The maximum Gasteiger partial charge on any atom is 0.248 e. The molecule has 14 heavy (non-hydrogen) atoms. The third-order valence-corrected chi connectivity index (χ3v) is 2.00. The molecule has 0 heterocycles. The molecule has 1 aromatic carbocycles. The number of carbonyl (C=O) groups is 1. The molecule has 72 valence electrons. The van der Waals surface area contributed by atoms with Gasteiger partial charge in [0, 0.05) is 5.57 Å². The molecule has 0 atom stereocenters. The number of benzene rings is 1. The molecule has 0 saturated carbocycles. The Morgan fingerprint density at radius 3 is 2.57 bits per heavy atom. The summed E-state index contributed by atoms with van der Waals surface area (Å²) in [5, 5.41) is 0. The predicted molar refractivity (Wildman–Crippen MR) is 58.5 cm³/mol. The molecule has 0 fully saturated rings. The zero-order valence-corrected chi connectivity index (χ0v) is 8.16. The zero-order valence-electron chi connectivity index (χ0n) is 8.16. The first-order valence-electron chi connectivity index (χ1n) is 4.34. The first kappa shape index (κ1) is 10.3. The minimum absolute atomic E-state index is 0.430. The Bertz CT molecular complexity index is 391. The van der Waals surface area contributed by atoms with Crippen molar-refractivity contribution in [3.63, 3.8) is 0 Å². The number of nitrogens with two attached hydrogens (primary N) is 1. The number of amides is 1. The van der Waals surface area contributed by atoms with Crippen LogP contribution in [0.4, 0.5) is 0 Å². The molecule has 0 spiro atoms. The van der Waals surface area contributed by atoms with Gasteiger partial charge < -0.3 is 5.73 Å². The van der Waals surface area contributed by atoms with Gasteiger partial charge in [-0.2, -0.15) is 0 Å². The summed E-state index contributed by atoms with van der Waals surface area (Å²) in [6.07, 6.45) is 3.21. The van der Waals surface area contributed by atoms with E-state index in [1.54, 1.807) is 6.08 Å². The Morgan fingerprint density at radius 1 is 1.43 bits per heavy atom. The highest BCUT2D eigenvalue weighted by atomic mass is 16.1. The lowest BCUT2D eigenvalue weighted by atomic mass is 10.1. The first-order valence-corrected chi connectivity index (χ1v) is 4.34. The molecule has 0 unspecified atom stereocenters. The lowest BCUT2D eigenvalue weighted by Gasteiger charge is -2.00. The van der Waals surface area contributed by atoms with Gasteiger partial charge in [0.1, 0.15) is 0 Å². The number of primary amides is 1. The van der Waals surface area contributed by atoms with Crippen LogP contribution >= 0.6 is 0 Å². The van der Waals surface area contributed by atoms with Crippen molar-refractivity contribution in [1.82, 2.24) is 0 Å². The van der Waals surface area contributed by atoms with E-state index < -0.39 is 5.91 Å². The van der Waals surface area contributed by atoms with Crippen molar-refractivity contribution in [2.45, 2.75) is 6.92 Å². The smallest absolute Gasteiger partial charge is 0.248 e. The van der Waals surface area contributed by atoms with E-state index in [4.69, 9.17) is 5.73 Å². The lowest BCUT2D eigenvalue weighted by Crippen LogP contribution is -2.12. The molecule has 2 N–H and O–H groups in total. The van der Waals surface area contributed by atoms with Crippen LogP contribution in [0.2, 0.25) is 0 Å². The molecule has 0 saturated heterocycles. The normalized spacial score (nSPS) is 11.1. The van der Waals surface area contributed by atoms with Crippen molar-refractivity contribution in [2.24, 2.45) is 5.73 Å². The van der Waals surface area contributed by atoms with Gasteiger partial charge in [0.25, 0.3) is 0 Å². The fourth-order valence-electron chi connectivity index (χ4n) is 1.15. The monoisotopic (exact) mass is 187 g/mol. The Labute approximate surface area is 83.7 Å². The largest absolute Gasteiger partial charge is 0.366 e. The highest BCUT2D eigenvalue weighted by Gasteiger charge is 2.00. The predicted octanol–water partition coefficient (Wildman–Crippen LogP) is 2.05. The van der Waals surface area contributed by atoms with Gasteiger partial charge in [-0.1, -0.05) is 36.9 Å². The van der Waals surface area contributed by atoms with Crippen LogP contribution in [0.15, 0.2) is 42.5 Å². The van der Waals surface area contributed by atoms with Gasteiger partial charge in [-0.3, -0.25) is 4.79 Å². The topological polar surface area (TPSA) is 43.1 Å². The molecule has 0 aromatic heterocycles. The third-order valence-electron chi connectivity index (χ3n) is 2.00. The van der Waals surface area contributed by atoms with E-state index in [2.05, 4.69) is 6.58 Å². The van der Waals surface area contributed by atoms with Gasteiger partial charge in [-0.25, -0.2) is 0 Å². The standard InChI is InChI=1S/C12H13NO/c1-3-10(12(13)14)8-11-7-5-4-6-9(11)2/h3-8H,1H2,2H3,(H2,13,14)/b10-8+. The Kier molecular flexibility index (Phi) is 3.24. The summed E-state index contributed by atoms with van der Waals surface area (Å²) in [5.41, 5.74) is 7.69. The van der Waals surface area contributed by atoms with E-state index in [1.807, 2.05) is 31.2 Å². The maximum absolute atomic E-state index is 10.9. The molecule has 2 nitrogen and oxygen atoms in total. The van der Waals surface area contributed by atoms with Crippen LogP contribution < -0.4 is 5.73 Å². The first-order chi connectivity index (χ1) is 6.65. The third kappa shape index (κ3) is 2.33. The van der Waals surface area contributed by atoms with Crippen LogP contribution in [0.5, 0.6) is 0 Å². The number of aryl methyl sites for hydroxylation is 1. The fourth-order valence-corrected chi connectivity index (χ4v) is 1.15. The Balaban J connectivity index is 3.13.